The number of hydrogen-bond donors (Lipinski definition) is 1. The average Bonchev–Trinajstić information content (AvgIpc) is 3.57. The summed E-state index contributed by atoms with van der Waals surface area (Å²) in [5.41, 5.74) is -0.121. The zero-order valence-electron chi connectivity index (χ0n) is 19.0. The van der Waals surface area contributed by atoms with Crippen molar-refractivity contribution in [1.82, 2.24) is 15.1 Å². The molecule has 0 bridgehead atoms. The van der Waals surface area contributed by atoms with Crippen LogP contribution in [0, 0.1) is 11.8 Å². The highest BCUT2D eigenvalue weighted by Crippen LogP contribution is 2.54. The van der Waals surface area contributed by atoms with Gasteiger partial charge in [0, 0.05) is 43.7 Å². The van der Waals surface area contributed by atoms with Crippen molar-refractivity contribution in [1.29, 1.82) is 0 Å². The summed E-state index contributed by atoms with van der Waals surface area (Å²) in [6.45, 7) is 0. The molecule has 0 spiro atoms. The highest BCUT2D eigenvalue weighted by molar-refractivity contribution is 5.87. The molecule has 5 rings (SSSR count). The normalized spacial score (nSPS) is 32.8. The molecule has 4 aliphatic rings. The molecule has 0 radical (unpaired) electrons. The van der Waals surface area contributed by atoms with E-state index in [1.54, 1.807) is 16.8 Å². The summed E-state index contributed by atoms with van der Waals surface area (Å²) in [6, 6.07) is 9.61. The molecule has 5 unspecified atom stereocenters. The van der Waals surface area contributed by atoms with Crippen LogP contribution in [-0.2, 0) is 4.74 Å². The zero-order valence-corrected chi connectivity index (χ0v) is 19.0. The number of allylic oxidation sites excluding steroid dienone is 2. The number of carbonyl (C=O) groups excluding carboxylic acids is 2. The second kappa shape index (κ2) is 7.96. The molecule has 1 saturated heterocycles. The van der Waals surface area contributed by atoms with Gasteiger partial charge in [0.1, 0.15) is 0 Å². The van der Waals surface area contributed by atoms with Gasteiger partial charge in [-0.3, -0.25) is 9.80 Å². The number of fused-ring (bicyclic) bond motifs is 3. The number of amides is 3. The van der Waals surface area contributed by atoms with Crippen LogP contribution in [0.4, 0.5) is 15.3 Å². The Bertz CT molecular complexity index is 944. The smallest absolute Gasteiger partial charge is 0.415 e. The van der Waals surface area contributed by atoms with Gasteiger partial charge in [0.05, 0.1) is 6.04 Å². The number of likely N-dealkylation sites (N-methyl/N-ethyl adjacent to an activating group) is 1. The second-order valence-electron chi connectivity index (χ2n) is 9.49. The van der Waals surface area contributed by atoms with Crippen molar-refractivity contribution in [2.75, 3.05) is 26.0 Å². The lowest BCUT2D eigenvalue weighted by Crippen LogP contribution is -2.63. The zero-order chi connectivity index (χ0) is 22.5. The average molecular weight is 437 g/mol. The summed E-state index contributed by atoms with van der Waals surface area (Å²) in [5, 5.41) is 3.24. The van der Waals surface area contributed by atoms with Crippen LogP contribution >= 0.6 is 0 Å². The van der Waals surface area contributed by atoms with E-state index in [2.05, 4.69) is 34.5 Å². The van der Waals surface area contributed by atoms with Crippen molar-refractivity contribution in [3.05, 3.63) is 54.6 Å². The van der Waals surface area contributed by atoms with Crippen LogP contribution in [0.1, 0.15) is 25.7 Å². The van der Waals surface area contributed by atoms with Gasteiger partial charge >= 0.3 is 12.1 Å². The fourth-order valence-corrected chi connectivity index (χ4v) is 5.84. The number of para-hydroxylation sites is 1. The third-order valence-corrected chi connectivity index (χ3v) is 7.79. The number of nitrogens with zero attached hydrogens (tertiary/aromatic N) is 3. The Morgan fingerprint density at radius 3 is 2.50 bits per heavy atom. The van der Waals surface area contributed by atoms with Crippen molar-refractivity contribution in [2.45, 2.75) is 49.5 Å². The molecule has 1 N–H and O–H groups in total. The fraction of sp³-hybridized carbons (Fsp3) is 0.520. The Morgan fingerprint density at radius 1 is 1.06 bits per heavy atom. The largest absolute Gasteiger partial charge is 0.425 e. The molecule has 1 aromatic carbocycles. The number of urea groups is 1. The SMILES string of the molecule is CN(C(=O)OC12C(NC(=O)N(C)C3CC3)CCC1C1C=CC=CC1N2C)c1ccccc1. The highest BCUT2D eigenvalue weighted by atomic mass is 16.6. The molecule has 1 heterocycles. The van der Waals surface area contributed by atoms with Crippen LogP contribution in [0.25, 0.3) is 0 Å². The standard InChI is InChI=1S/C25H32N4O3/c1-27(18-13-14-18)23(30)26-22-16-15-20-19-11-7-8-12-21(19)29(3)25(20,22)32-24(31)28(2)17-9-5-4-6-10-17/h4-12,18-22H,13-16H2,1-3H3,(H,26,30). The summed E-state index contributed by atoms with van der Waals surface area (Å²) in [6.07, 6.45) is 11.9. The predicted molar refractivity (Wildman–Crippen MR) is 123 cm³/mol. The first-order valence-electron chi connectivity index (χ1n) is 11.6. The lowest BCUT2D eigenvalue weighted by molar-refractivity contribution is -0.111. The molecular weight excluding hydrogens is 404 g/mol. The van der Waals surface area contributed by atoms with Crippen LogP contribution in [-0.4, -0.2) is 66.9 Å². The molecule has 2 saturated carbocycles. The number of anilines is 1. The van der Waals surface area contributed by atoms with Crippen molar-refractivity contribution in [3.8, 4) is 0 Å². The Balaban J connectivity index is 1.45. The van der Waals surface area contributed by atoms with Gasteiger partial charge in [-0.25, -0.2) is 9.59 Å². The van der Waals surface area contributed by atoms with Gasteiger partial charge in [-0.1, -0.05) is 42.5 Å². The molecule has 5 atom stereocenters. The van der Waals surface area contributed by atoms with Crippen LogP contribution in [0.5, 0.6) is 0 Å². The molecule has 1 aliphatic heterocycles. The predicted octanol–water partition coefficient (Wildman–Crippen LogP) is 3.59. The van der Waals surface area contributed by atoms with E-state index < -0.39 is 11.8 Å². The molecule has 7 heteroatoms. The number of nitrogens with one attached hydrogen (secondary N) is 1. The molecule has 1 aromatic rings. The maximum absolute atomic E-state index is 13.4. The number of ether oxygens (including phenoxy) is 1. The summed E-state index contributed by atoms with van der Waals surface area (Å²) in [5.74, 6) is 0.367. The monoisotopic (exact) mass is 436 g/mol. The minimum Gasteiger partial charge on any atom is -0.425 e. The minimum atomic E-state index is -0.894. The molecule has 0 aromatic heterocycles. The summed E-state index contributed by atoms with van der Waals surface area (Å²) in [7, 11) is 5.60. The molecule has 3 aliphatic carbocycles. The van der Waals surface area contributed by atoms with E-state index in [0.29, 0.717) is 6.04 Å². The van der Waals surface area contributed by atoms with Crippen LogP contribution < -0.4 is 10.2 Å². The number of likely N-dealkylation sites (tertiary alicyclic amines) is 1. The minimum absolute atomic E-state index is 0.0839. The van der Waals surface area contributed by atoms with Gasteiger partial charge in [0.15, 0.2) is 5.72 Å². The molecule has 7 nitrogen and oxygen atoms in total. The Labute approximate surface area is 189 Å². The second-order valence-corrected chi connectivity index (χ2v) is 9.49. The number of rotatable bonds is 4. The molecule has 3 fully saturated rings. The Hall–Kier alpha value is -2.80. The number of benzene rings is 1. The van der Waals surface area contributed by atoms with Crippen LogP contribution in [0.2, 0.25) is 0 Å². The van der Waals surface area contributed by atoms with Gasteiger partial charge in [-0.05, 0) is 44.9 Å². The molecule has 170 valence electrons. The van der Waals surface area contributed by atoms with Gasteiger partial charge < -0.3 is 15.0 Å². The third-order valence-electron chi connectivity index (χ3n) is 7.79. The first kappa shape index (κ1) is 21.1. The van der Waals surface area contributed by atoms with Gasteiger partial charge in [0.2, 0.25) is 0 Å². The maximum Gasteiger partial charge on any atom is 0.415 e. The third kappa shape index (κ3) is 3.30. The summed E-state index contributed by atoms with van der Waals surface area (Å²) < 4.78 is 6.42. The van der Waals surface area contributed by atoms with Crippen LogP contribution in [0.3, 0.4) is 0 Å². The topological polar surface area (TPSA) is 65.1 Å². The van der Waals surface area contributed by atoms with E-state index in [-0.39, 0.29) is 30.0 Å². The van der Waals surface area contributed by atoms with Crippen LogP contribution in [0.15, 0.2) is 54.6 Å². The number of carbonyl (C=O) groups is 2. The van der Waals surface area contributed by atoms with Crippen molar-refractivity contribution < 1.29 is 14.3 Å². The first-order valence-corrected chi connectivity index (χ1v) is 11.6. The van der Waals surface area contributed by atoms with Gasteiger partial charge in [0.25, 0.3) is 0 Å². The maximum atomic E-state index is 13.4. The van der Waals surface area contributed by atoms with E-state index >= 15 is 0 Å². The quantitative estimate of drug-likeness (QED) is 0.783. The van der Waals surface area contributed by atoms with Crippen molar-refractivity contribution in [3.63, 3.8) is 0 Å². The van der Waals surface area contributed by atoms with E-state index in [9.17, 15) is 9.59 Å². The van der Waals surface area contributed by atoms with Crippen molar-refractivity contribution >= 4 is 17.8 Å². The molecular formula is C25H32N4O3. The highest BCUT2D eigenvalue weighted by Gasteiger charge is 2.66. The molecule has 32 heavy (non-hydrogen) atoms. The van der Waals surface area contributed by atoms with E-state index in [0.717, 1.165) is 31.4 Å². The lowest BCUT2D eigenvalue weighted by atomic mass is 9.84. The molecule has 3 amide bonds. The van der Waals surface area contributed by atoms with Gasteiger partial charge in [-0.15, -0.1) is 0 Å². The van der Waals surface area contributed by atoms with Gasteiger partial charge in [-0.2, -0.15) is 0 Å². The van der Waals surface area contributed by atoms with Crippen molar-refractivity contribution in [2.24, 2.45) is 11.8 Å². The summed E-state index contributed by atoms with van der Waals surface area (Å²) >= 11 is 0. The van der Waals surface area contributed by atoms with E-state index in [4.69, 9.17) is 4.74 Å². The number of hydrogen-bond acceptors (Lipinski definition) is 4. The lowest BCUT2D eigenvalue weighted by Gasteiger charge is -2.42. The summed E-state index contributed by atoms with van der Waals surface area (Å²) in [4.78, 5) is 31.9. The Morgan fingerprint density at radius 2 is 1.78 bits per heavy atom. The van der Waals surface area contributed by atoms with E-state index in [1.165, 1.54) is 0 Å². The fourth-order valence-electron chi connectivity index (χ4n) is 5.84. The Kier molecular flexibility index (Phi) is 5.24. The first-order chi connectivity index (χ1) is 15.4. The van der Waals surface area contributed by atoms with E-state index in [1.807, 2.05) is 44.4 Å².